The van der Waals surface area contributed by atoms with Gasteiger partial charge >= 0.3 is 0 Å². The van der Waals surface area contributed by atoms with Gasteiger partial charge in [0.05, 0.1) is 10.9 Å². The van der Waals surface area contributed by atoms with E-state index < -0.39 is 5.82 Å². The number of anilines is 1. The summed E-state index contributed by atoms with van der Waals surface area (Å²) in [4.78, 5) is 29.6. The van der Waals surface area contributed by atoms with Gasteiger partial charge in [0.25, 0.3) is 5.91 Å². The molecular formula is C26H31FN4OS. The number of benzene rings is 1. The summed E-state index contributed by atoms with van der Waals surface area (Å²) in [6.07, 6.45) is 9.10. The first-order chi connectivity index (χ1) is 16.2. The predicted octanol–water partition coefficient (Wildman–Crippen LogP) is 5.40. The molecule has 5 rings (SSSR count). The first kappa shape index (κ1) is 22.3. The first-order valence-corrected chi connectivity index (χ1v) is 13.1. The number of aromatic nitrogens is 2. The van der Waals surface area contributed by atoms with Gasteiger partial charge in [-0.1, -0.05) is 31.9 Å². The summed E-state index contributed by atoms with van der Waals surface area (Å²) in [6, 6.07) is 6.24. The van der Waals surface area contributed by atoms with Crippen LogP contribution in [0.15, 0.2) is 24.3 Å². The van der Waals surface area contributed by atoms with Crippen molar-refractivity contribution in [2.24, 2.45) is 0 Å². The summed E-state index contributed by atoms with van der Waals surface area (Å²) < 4.78 is 14.1. The van der Waals surface area contributed by atoms with E-state index in [9.17, 15) is 9.18 Å². The number of halogens is 1. The second-order valence-corrected chi connectivity index (χ2v) is 10.2. The highest BCUT2D eigenvalue weighted by Crippen LogP contribution is 2.39. The maximum atomic E-state index is 14.1. The van der Waals surface area contributed by atoms with Gasteiger partial charge < -0.3 is 9.80 Å². The molecule has 2 aromatic heterocycles. The largest absolute Gasteiger partial charge is 0.352 e. The quantitative estimate of drug-likeness (QED) is 0.472. The average molecular weight is 467 g/mol. The molecule has 1 aliphatic carbocycles. The minimum absolute atomic E-state index is 0.153. The fraction of sp³-hybridized carbons (Fsp3) is 0.500. The minimum atomic E-state index is -0.455. The van der Waals surface area contributed by atoms with Crippen LogP contribution in [0, 0.1) is 5.82 Å². The Morgan fingerprint density at radius 2 is 1.85 bits per heavy atom. The maximum absolute atomic E-state index is 14.1. The highest BCUT2D eigenvalue weighted by Gasteiger charge is 2.28. The summed E-state index contributed by atoms with van der Waals surface area (Å²) in [5.74, 6) is 1.29. The van der Waals surface area contributed by atoms with Crippen molar-refractivity contribution < 1.29 is 9.18 Å². The van der Waals surface area contributed by atoms with Crippen LogP contribution in [0.25, 0.3) is 10.2 Å². The van der Waals surface area contributed by atoms with Crippen molar-refractivity contribution in [3.63, 3.8) is 0 Å². The number of aryl methyl sites for hydroxylation is 3. The number of carbonyl (C=O) groups excluding carboxylic acids is 1. The zero-order valence-corrected chi connectivity index (χ0v) is 20.1. The zero-order valence-electron chi connectivity index (χ0n) is 19.3. The molecule has 0 bridgehead atoms. The maximum Gasteiger partial charge on any atom is 0.256 e. The van der Waals surface area contributed by atoms with Gasteiger partial charge in [0.15, 0.2) is 0 Å². The van der Waals surface area contributed by atoms with Crippen molar-refractivity contribution in [3.8, 4) is 0 Å². The monoisotopic (exact) mass is 466 g/mol. The first-order valence-electron chi connectivity index (χ1n) is 12.3. The molecule has 5 nitrogen and oxygen atoms in total. The molecule has 1 aliphatic heterocycles. The third kappa shape index (κ3) is 4.47. The second-order valence-electron chi connectivity index (χ2n) is 9.07. The SMILES string of the molecule is CCCCc1nc(N2CCN(C(=O)c3ccccc3F)CC2)c2c3c(sc2n1)CCCCC3. The van der Waals surface area contributed by atoms with E-state index in [2.05, 4.69) is 11.8 Å². The van der Waals surface area contributed by atoms with Crippen LogP contribution >= 0.6 is 11.3 Å². The van der Waals surface area contributed by atoms with Gasteiger partial charge in [-0.15, -0.1) is 11.3 Å². The lowest BCUT2D eigenvalue weighted by Crippen LogP contribution is -2.49. The van der Waals surface area contributed by atoms with E-state index in [-0.39, 0.29) is 11.5 Å². The van der Waals surface area contributed by atoms with Crippen LogP contribution in [0.5, 0.6) is 0 Å². The van der Waals surface area contributed by atoms with Gasteiger partial charge in [0.1, 0.15) is 22.3 Å². The summed E-state index contributed by atoms with van der Waals surface area (Å²) >= 11 is 1.86. The Labute approximate surface area is 198 Å². The molecule has 0 saturated carbocycles. The Hall–Kier alpha value is -2.54. The molecule has 3 aromatic rings. The number of unbranched alkanes of at least 4 members (excludes halogenated alkanes) is 1. The van der Waals surface area contributed by atoms with Crippen LogP contribution in [0.1, 0.15) is 65.7 Å². The summed E-state index contributed by atoms with van der Waals surface area (Å²) in [5, 5.41) is 1.24. The van der Waals surface area contributed by atoms with Crippen LogP contribution in [-0.4, -0.2) is 47.0 Å². The zero-order chi connectivity index (χ0) is 22.8. The normalized spacial score (nSPS) is 16.7. The molecule has 1 amide bonds. The molecule has 0 atom stereocenters. The standard InChI is InChI=1S/C26H31FN4OS/c1-2-3-13-22-28-24(23-19-10-5-4-6-12-21(19)33-25(23)29-22)30-14-16-31(17-15-30)26(32)18-9-7-8-11-20(18)27/h7-9,11H,2-6,10,12-17H2,1H3. The van der Waals surface area contributed by atoms with Crippen LogP contribution in [0.4, 0.5) is 10.2 Å². The number of rotatable bonds is 5. The van der Waals surface area contributed by atoms with E-state index >= 15 is 0 Å². The highest BCUT2D eigenvalue weighted by atomic mass is 32.1. The van der Waals surface area contributed by atoms with Crippen LogP contribution < -0.4 is 4.90 Å². The number of amides is 1. The number of piperazine rings is 1. The number of carbonyl (C=O) groups is 1. The lowest BCUT2D eigenvalue weighted by molar-refractivity contribution is 0.0742. The van der Waals surface area contributed by atoms with Crippen molar-refractivity contribution in [1.82, 2.24) is 14.9 Å². The Balaban J connectivity index is 1.43. The lowest BCUT2D eigenvalue weighted by Gasteiger charge is -2.36. The average Bonchev–Trinajstić information content (AvgIpc) is 3.02. The van der Waals surface area contributed by atoms with E-state index in [0.29, 0.717) is 26.2 Å². The van der Waals surface area contributed by atoms with E-state index in [0.717, 1.165) is 48.6 Å². The molecule has 7 heteroatoms. The third-order valence-corrected chi connectivity index (χ3v) is 8.00. The Morgan fingerprint density at radius 3 is 2.64 bits per heavy atom. The third-order valence-electron chi connectivity index (χ3n) is 6.82. The molecule has 0 spiro atoms. The van der Waals surface area contributed by atoms with Gasteiger partial charge in [-0.25, -0.2) is 14.4 Å². The minimum Gasteiger partial charge on any atom is -0.352 e. The van der Waals surface area contributed by atoms with Gasteiger partial charge in [0, 0.05) is 37.5 Å². The van der Waals surface area contributed by atoms with Crippen molar-refractivity contribution in [2.75, 3.05) is 31.1 Å². The molecule has 2 aliphatic rings. The van der Waals surface area contributed by atoms with Crippen LogP contribution in [0.3, 0.4) is 0 Å². The number of fused-ring (bicyclic) bond motifs is 3. The predicted molar refractivity (Wildman–Crippen MR) is 132 cm³/mol. The highest BCUT2D eigenvalue weighted by molar-refractivity contribution is 7.19. The molecule has 1 fully saturated rings. The van der Waals surface area contributed by atoms with Gasteiger partial charge in [-0.2, -0.15) is 0 Å². The van der Waals surface area contributed by atoms with Crippen molar-refractivity contribution in [1.29, 1.82) is 0 Å². The Morgan fingerprint density at radius 1 is 1.06 bits per heavy atom. The Kier molecular flexibility index (Phi) is 6.58. The van der Waals surface area contributed by atoms with E-state index in [1.54, 1.807) is 23.1 Å². The van der Waals surface area contributed by atoms with E-state index in [4.69, 9.17) is 9.97 Å². The second kappa shape index (κ2) is 9.75. The molecule has 33 heavy (non-hydrogen) atoms. The summed E-state index contributed by atoms with van der Waals surface area (Å²) in [6.45, 7) is 4.72. The molecule has 1 aromatic carbocycles. The number of hydrogen-bond donors (Lipinski definition) is 0. The van der Waals surface area contributed by atoms with Crippen molar-refractivity contribution in [3.05, 3.63) is 51.9 Å². The number of nitrogens with zero attached hydrogens (tertiary/aromatic N) is 4. The summed E-state index contributed by atoms with van der Waals surface area (Å²) in [7, 11) is 0. The molecular weight excluding hydrogens is 435 g/mol. The molecule has 3 heterocycles. The van der Waals surface area contributed by atoms with Crippen molar-refractivity contribution in [2.45, 2.75) is 58.3 Å². The van der Waals surface area contributed by atoms with Gasteiger partial charge in [0.2, 0.25) is 0 Å². The van der Waals surface area contributed by atoms with Gasteiger partial charge in [-0.3, -0.25) is 4.79 Å². The topological polar surface area (TPSA) is 49.3 Å². The molecule has 0 radical (unpaired) electrons. The van der Waals surface area contributed by atoms with Crippen LogP contribution in [0.2, 0.25) is 0 Å². The lowest BCUT2D eigenvalue weighted by atomic mass is 10.1. The van der Waals surface area contributed by atoms with Crippen molar-refractivity contribution >= 4 is 33.3 Å². The Bertz CT molecular complexity index is 1150. The molecule has 0 unspecified atom stereocenters. The summed E-state index contributed by atoms with van der Waals surface area (Å²) in [5.41, 5.74) is 1.61. The smallest absolute Gasteiger partial charge is 0.256 e. The van der Waals surface area contributed by atoms with E-state index in [1.807, 2.05) is 11.3 Å². The van der Waals surface area contributed by atoms with Crippen LogP contribution in [-0.2, 0) is 19.3 Å². The number of hydrogen-bond acceptors (Lipinski definition) is 5. The molecule has 0 N–H and O–H groups in total. The number of thiophene rings is 1. The molecule has 1 saturated heterocycles. The molecule has 174 valence electrons. The van der Waals surface area contributed by atoms with Gasteiger partial charge in [-0.05, 0) is 49.8 Å². The van der Waals surface area contributed by atoms with E-state index in [1.165, 1.54) is 41.2 Å². The fourth-order valence-corrected chi connectivity index (χ4v) is 6.23. The fourth-order valence-electron chi connectivity index (χ4n) is 4.96.